The summed E-state index contributed by atoms with van der Waals surface area (Å²) in [5.74, 6) is -1.29. The molecule has 7 nitrogen and oxygen atoms in total. The van der Waals surface area contributed by atoms with E-state index in [2.05, 4.69) is 5.32 Å². The molecule has 1 aromatic carbocycles. The first-order chi connectivity index (χ1) is 12.3. The highest BCUT2D eigenvalue weighted by Gasteiger charge is 2.23. The second kappa shape index (κ2) is 9.13. The Hall–Kier alpha value is -1.94. The molecule has 0 radical (unpaired) electrons. The van der Waals surface area contributed by atoms with Gasteiger partial charge < -0.3 is 10.1 Å². The maximum absolute atomic E-state index is 12.3. The van der Waals surface area contributed by atoms with Crippen LogP contribution in [0, 0.1) is 0 Å². The summed E-state index contributed by atoms with van der Waals surface area (Å²) in [6.45, 7) is -0.638. The zero-order valence-electron chi connectivity index (χ0n) is 13.8. The van der Waals surface area contributed by atoms with E-state index in [0.717, 1.165) is 9.18 Å². The van der Waals surface area contributed by atoms with E-state index in [4.69, 9.17) is 16.3 Å². The Morgan fingerprint density at radius 3 is 2.54 bits per heavy atom. The molecule has 1 aromatic heterocycles. The number of hydrogen-bond acceptors (Lipinski definition) is 6. The van der Waals surface area contributed by atoms with Crippen LogP contribution in [-0.2, 0) is 30.9 Å². The number of carbonyl (C=O) groups is 2. The highest BCUT2D eigenvalue weighted by molar-refractivity contribution is 7.89. The van der Waals surface area contributed by atoms with E-state index in [0.29, 0.717) is 11.6 Å². The van der Waals surface area contributed by atoms with E-state index in [9.17, 15) is 18.0 Å². The van der Waals surface area contributed by atoms with Crippen molar-refractivity contribution in [3.05, 3.63) is 51.7 Å². The lowest BCUT2D eigenvalue weighted by atomic mass is 10.4. The van der Waals surface area contributed by atoms with Crippen molar-refractivity contribution in [2.24, 2.45) is 0 Å². The normalized spacial score (nSPS) is 11.3. The maximum atomic E-state index is 12.3. The minimum Gasteiger partial charge on any atom is -0.455 e. The number of sulfonamides is 1. The lowest BCUT2D eigenvalue weighted by Crippen LogP contribution is -2.35. The van der Waals surface area contributed by atoms with Crippen molar-refractivity contribution in [1.29, 1.82) is 0 Å². The average molecular weight is 417 g/mol. The summed E-state index contributed by atoms with van der Waals surface area (Å²) in [4.78, 5) is 24.4. The largest absolute Gasteiger partial charge is 0.455 e. The molecule has 0 fully saturated rings. The summed E-state index contributed by atoms with van der Waals surface area (Å²) < 4.78 is 30.4. The quantitative estimate of drug-likeness (QED) is 0.663. The molecule has 0 unspecified atom stereocenters. The van der Waals surface area contributed by atoms with Gasteiger partial charge >= 0.3 is 5.97 Å². The summed E-state index contributed by atoms with van der Waals surface area (Å²) in [6, 6.07) is 9.31. The number of esters is 1. The van der Waals surface area contributed by atoms with E-state index >= 15 is 0 Å². The van der Waals surface area contributed by atoms with Crippen LogP contribution in [0.4, 0.5) is 0 Å². The number of hydrogen-bond donors (Lipinski definition) is 1. The Bertz CT molecular complexity index is 851. The molecular formula is C16H17ClN2O5S2. The minimum atomic E-state index is -3.85. The summed E-state index contributed by atoms with van der Waals surface area (Å²) in [5, 5.41) is 4.89. The number of nitrogens with one attached hydrogen (secondary N) is 1. The number of halogens is 1. The molecule has 0 aliphatic heterocycles. The molecule has 2 aromatic rings. The number of thiophene rings is 1. The van der Waals surface area contributed by atoms with Gasteiger partial charge in [-0.1, -0.05) is 17.7 Å². The van der Waals surface area contributed by atoms with Crippen molar-refractivity contribution in [2.75, 3.05) is 20.2 Å². The van der Waals surface area contributed by atoms with Crippen molar-refractivity contribution < 1.29 is 22.7 Å². The predicted molar refractivity (Wildman–Crippen MR) is 98.4 cm³/mol. The molecule has 0 saturated carbocycles. The van der Waals surface area contributed by atoms with E-state index in [1.54, 1.807) is 0 Å². The third kappa shape index (κ3) is 5.80. The van der Waals surface area contributed by atoms with Crippen molar-refractivity contribution in [2.45, 2.75) is 11.4 Å². The number of ether oxygens (including phenoxy) is 1. The molecular weight excluding hydrogens is 400 g/mol. The Morgan fingerprint density at radius 2 is 1.92 bits per heavy atom. The second-order valence-electron chi connectivity index (χ2n) is 5.23. The van der Waals surface area contributed by atoms with E-state index < -0.39 is 35.1 Å². The minimum absolute atomic E-state index is 0.00545. The highest BCUT2D eigenvalue weighted by atomic mass is 35.5. The molecule has 0 aliphatic rings. The zero-order chi connectivity index (χ0) is 19.2. The second-order valence-corrected chi connectivity index (χ2v) is 8.75. The Balaban J connectivity index is 1.80. The number of amides is 1. The van der Waals surface area contributed by atoms with Crippen LogP contribution >= 0.6 is 22.9 Å². The monoisotopic (exact) mass is 416 g/mol. The molecule has 0 spiro atoms. The number of rotatable bonds is 8. The van der Waals surface area contributed by atoms with Gasteiger partial charge in [-0.15, -0.1) is 11.3 Å². The smallest absolute Gasteiger partial charge is 0.321 e. The molecule has 0 saturated heterocycles. The van der Waals surface area contributed by atoms with Crippen LogP contribution < -0.4 is 5.32 Å². The molecule has 0 atom stereocenters. The van der Waals surface area contributed by atoms with Gasteiger partial charge in [0, 0.05) is 16.9 Å². The van der Waals surface area contributed by atoms with E-state index in [1.165, 1.54) is 42.6 Å². The lowest BCUT2D eigenvalue weighted by Gasteiger charge is -2.16. The molecule has 2 rings (SSSR count). The molecule has 1 N–H and O–H groups in total. The van der Waals surface area contributed by atoms with Gasteiger partial charge in [0.05, 0.1) is 11.4 Å². The van der Waals surface area contributed by atoms with Crippen LogP contribution in [0.1, 0.15) is 4.88 Å². The summed E-state index contributed by atoms with van der Waals surface area (Å²) in [7, 11) is -2.60. The van der Waals surface area contributed by atoms with E-state index in [-0.39, 0.29) is 4.90 Å². The SMILES string of the molecule is CN(CC(=O)OCC(=O)NCc1cccs1)S(=O)(=O)c1ccc(Cl)cc1. The van der Waals surface area contributed by atoms with Crippen LogP contribution in [0.2, 0.25) is 5.02 Å². The Labute approximate surface area is 160 Å². The van der Waals surface area contributed by atoms with Gasteiger partial charge in [0.25, 0.3) is 5.91 Å². The fourth-order valence-electron chi connectivity index (χ4n) is 1.89. The fraction of sp³-hybridized carbons (Fsp3) is 0.250. The van der Waals surface area contributed by atoms with Gasteiger partial charge in [-0.05, 0) is 35.7 Å². The molecule has 26 heavy (non-hydrogen) atoms. The van der Waals surface area contributed by atoms with Crippen LogP contribution in [0.3, 0.4) is 0 Å². The van der Waals surface area contributed by atoms with Gasteiger partial charge in [0.1, 0.15) is 6.54 Å². The first kappa shape index (κ1) is 20.4. The van der Waals surface area contributed by atoms with Gasteiger partial charge in [0.15, 0.2) is 6.61 Å². The number of likely N-dealkylation sites (N-methyl/N-ethyl adjacent to an activating group) is 1. The van der Waals surface area contributed by atoms with Crippen LogP contribution in [0.15, 0.2) is 46.7 Å². The van der Waals surface area contributed by atoms with Gasteiger partial charge in [-0.25, -0.2) is 8.42 Å². The Kier molecular flexibility index (Phi) is 7.15. The third-order valence-corrected chi connectivity index (χ3v) is 6.22. The van der Waals surface area contributed by atoms with Gasteiger partial charge in [-0.2, -0.15) is 4.31 Å². The van der Waals surface area contributed by atoms with Crippen molar-refractivity contribution in [3.8, 4) is 0 Å². The number of carbonyl (C=O) groups excluding carboxylic acids is 2. The van der Waals surface area contributed by atoms with Crippen LogP contribution in [0.25, 0.3) is 0 Å². The molecule has 1 amide bonds. The number of benzene rings is 1. The maximum Gasteiger partial charge on any atom is 0.321 e. The van der Waals surface area contributed by atoms with Gasteiger partial charge in [0.2, 0.25) is 10.0 Å². The molecule has 10 heteroatoms. The van der Waals surface area contributed by atoms with Crippen molar-refractivity contribution >= 4 is 44.8 Å². The first-order valence-corrected chi connectivity index (χ1v) is 10.2. The standard InChI is InChI=1S/C16H17ClN2O5S2/c1-19(26(22,23)14-6-4-12(17)5-7-14)10-16(21)24-11-15(20)18-9-13-3-2-8-25-13/h2-8H,9-11H2,1H3,(H,18,20). The predicted octanol–water partition coefficient (Wildman–Crippen LogP) is 1.88. The summed E-state index contributed by atoms with van der Waals surface area (Å²) in [6.07, 6.45) is 0. The summed E-state index contributed by atoms with van der Waals surface area (Å²) >= 11 is 7.23. The topological polar surface area (TPSA) is 92.8 Å². The van der Waals surface area contributed by atoms with E-state index in [1.807, 2.05) is 17.5 Å². The molecule has 1 heterocycles. The van der Waals surface area contributed by atoms with Gasteiger partial charge in [-0.3, -0.25) is 9.59 Å². The first-order valence-electron chi connectivity index (χ1n) is 7.45. The molecule has 0 bridgehead atoms. The van der Waals surface area contributed by atoms with Crippen LogP contribution in [0.5, 0.6) is 0 Å². The highest BCUT2D eigenvalue weighted by Crippen LogP contribution is 2.17. The summed E-state index contributed by atoms with van der Waals surface area (Å²) in [5.41, 5.74) is 0. The third-order valence-electron chi connectivity index (χ3n) is 3.28. The Morgan fingerprint density at radius 1 is 1.23 bits per heavy atom. The van der Waals surface area contributed by atoms with Crippen LogP contribution in [-0.4, -0.2) is 44.8 Å². The van der Waals surface area contributed by atoms with Crippen molar-refractivity contribution in [3.63, 3.8) is 0 Å². The lowest BCUT2D eigenvalue weighted by molar-refractivity contribution is -0.148. The molecule has 140 valence electrons. The fourth-order valence-corrected chi connectivity index (χ4v) is 3.78. The molecule has 0 aliphatic carbocycles. The average Bonchev–Trinajstić information content (AvgIpc) is 3.12. The number of nitrogens with zero attached hydrogens (tertiary/aromatic N) is 1. The van der Waals surface area contributed by atoms with Crippen molar-refractivity contribution in [1.82, 2.24) is 9.62 Å². The zero-order valence-corrected chi connectivity index (χ0v) is 16.2.